The molecule has 1 aromatic rings. The summed E-state index contributed by atoms with van der Waals surface area (Å²) in [6, 6.07) is 1.72. The number of hydrogen-bond acceptors (Lipinski definition) is 4. The first-order valence-electron chi connectivity index (χ1n) is 5.65. The van der Waals surface area contributed by atoms with Gasteiger partial charge in [0.1, 0.15) is 6.04 Å². The average Bonchev–Trinajstić information content (AvgIpc) is 2.37. The van der Waals surface area contributed by atoms with Crippen molar-refractivity contribution in [3.8, 4) is 0 Å². The maximum Gasteiger partial charge on any atom is 0.326 e. The van der Waals surface area contributed by atoms with Crippen LogP contribution in [-0.4, -0.2) is 39.6 Å². The Morgan fingerprint density at radius 3 is 2.74 bits per heavy atom. The largest absolute Gasteiger partial charge is 0.480 e. The van der Waals surface area contributed by atoms with E-state index in [1.54, 1.807) is 7.05 Å². The topological polar surface area (TPSA) is 88.4 Å². The zero-order chi connectivity index (χ0) is 14.4. The number of aryl methyl sites for hydroxylation is 1. The number of rotatable bonds is 6. The van der Waals surface area contributed by atoms with Crippen molar-refractivity contribution >= 4 is 23.6 Å². The number of amides is 1. The van der Waals surface area contributed by atoms with Gasteiger partial charge in [0.15, 0.2) is 0 Å². The van der Waals surface area contributed by atoms with Crippen LogP contribution < -0.4 is 10.9 Å². The molecule has 6 nitrogen and oxygen atoms in total. The van der Waals surface area contributed by atoms with Gasteiger partial charge in [-0.15, -0.1) is 0 Å². The van der Waals surface area contributed by atoms with Gasteiger partial charge in [0, 0.05) is 24.9 Å². The van der Waals surface area contributed by atoms with Gasteiger partial charge in [0.05, 0.1) is 0 Å². The van der Waals surface area contributed by atoms with E-state index in [1.165, 1.54) is 34.7 Å². The quantitative estimate of drug-likeness (QED) is 0.785. The molecule has 0 saturated carbocycles. The molecule has 1 heterocycles. The highest BCUT2D eigenvalue weighted by Gasteiger charge is 2.20. The summed E-state index contributed by atoms with van der Waals surface area (Å²) in [4.78, 5) is 34.3. The van der Waals surface area contributed by atoms with Crippen molar-refractivity contribution in [1.29, 1.82) is 0 Å². The molecule has 0 fully saturated rings. The minimum absolute atomic E-state index is 0.165. The highest BCUT2D eigenvalue weighted by atomic mass is 32.2. The van der Waals surface area contributed by atoms with Gasteiger partial charge in [-0.1, -0.05) is 0 Å². The second-order valence-corrected chi connectivity index (χ2v) is 5.00. The number of carboxylic acids is 1. The lowest BCUT2D eigenvalue weighted by atomic mass is 10.2. The molecule has 1 amide bonds. The van der Waals surface area contributed by atoms with Crippen molar-refractivity contribution < 1.29 is 14.7 Å². The lowest BCUT2D eigenvalue weighted by Crippen LogP contribution is -2.41. The normalized spacial score (nSPS) is 11.9. The van der Waals surface area contributed by atoms with E-state index >= 15 is 0 Å². The molecule has 0 radical (unpaired) electrons. The van der Waals surface area contributed by atoms with E-state index < -0.39 is 17.9 Å². The number of aliphatic carboxylic acids is 1. The van der Waals surface area contributed by atoms with Crippen LogP contribution in [0.5, 0.6) is 0 Å². The highest BCUT2D eigenvalue weighted by molar-refractivity contribution is 7.98. The molecule has 0 spiro atoms. The number of nitrogens with zero attached hydrogens (tertiary/aromatic N) is 1. The molecule has 104 valence electrons. The van der Waals surface area contributed by atoms with Crippen LogP contribution in [0.4, 0.5) is 0 Å². The molecular weight excluding hydrogens is 268 g/mol. The Morgan fingerprint density at radius 2 is 2.21 bits per heavy atom. The molecule has 1 rings (SSSR count). The van der Waals surface area contributed by atoms with E-state index in [0.717, 1.165) is 0 Å². The number of nitrogens with one attached hydrogen (secondary N) is 1. The molecule has 1 atom stereocenters. The predicted molar refractivity (Wildman–Crippen MR) is 73.6 cm³/mol. The fourth-order valence-corrected chi connectivity index (χ4v) is 1.90. The van der Waals surface area contributed by atoms with E-state index in [1.807, 2.05) is 6.26 Å². The summed E-state index contributed by atoms with van der Waals surface area (Å²) >= 11 is 1.51. The summed E-state index contributed by atoms with van der Waals surface area (Å²) in [7, 11) is 1.57. The molecule has 0 aliphatic heterocycles. The SMILES string of the molecule is CSCC[C@@H](NC(=O)c1ccn(C)c(=O)c1)C(=O)O. The maximum absolute atomic E-state index is 11.9. The Balaban J connectivity index is 2.78. The molecule has 0 aromatic carbocycles. The Hall–Kier alpha value is -1.76. The van der Waals surface area contributed by atoms with Gasteiger partial charge in [-0.25, -0.2) is 4.79 Å². The first-order chi connectivity index (χ1) is 8.95. The monoisotopic (exact) mass is 284 g/mol. The molecule has 19 heavy (non-hydrogen) atoms. The molecule has 1 aromatic heterocycles. The third-order valence-electron chi connectivity index (χ3n) is 2.58. The van der Waals surface area contributed by atoms with Gasteiger partial charge in [-0.2, -0.15) is 11.8 Å². The van der Waals surface area contributed by atoms with Crippen molar-refractivity contribution in [2.24, 2.45) is 7.05 Å². The van der Waals surface area contributed by atoms with E-state index in [4.69, 9.17) is 5.11 Å². The number of carbonyl (C=O) groups is 2. The summed E-state index contributed by atoms with van der Waals surface area (Å²) in [6.07, 6.45) is 3.67. The molecule has 0 unspecified atom stereocenters. The van der Waals surface area contributed by atoms with Crippen molar-refractivity contribution in [3.63, 3.8) is 0 Å². The van der Waals surface area contributed by atoms with Gasteiger partial charge < -0.3 is 15.0 Å². The average molecular weight is 284 g/mol. The highest BCUT2D eigenvalue weighted by Crippen LogP contribution is 2.03. The van der Waals surface area contributed by atoms with Crippen molar-refractivity contribution in [2.45, 2.75) is 12.5 Å². The van der Waals surface area contributed by atoms with E-state index in [9.17, 15) is 14.4 Å². The molecule has 0 bridgehead atoms. The third kappa shape index (κ3) is 4.44. The molecule has 2 N–H and O–H groups in total. The van der Waals surface area contributed by atoms with Crippen molar-refractivity contribution in [3.05, 3.63) is 34.2 Å². The Kier molecular flexibility index (Phi) is 5.62. The van der Waals surface area contributed by atoms with Crippen LogP contribution in [0.2, 0.25) is 0 Å². The Morgan fingerprint density at radius 1 is 1.53 bits per heavy atom. The van der Waals surface area contributed by atoms with Gasteiger partial charge in [0.25, 0.3) is 11.5 Å². The van der Waals surface area contributed by atoms with Crippen LogP contribution in [-0.2, 0) is 11.8 Å². The fourth-order valence-electron chi connectivity index (χ4n) is 1.42. The predicted octanol–water partition coefficient (Wildman–Crippen LogP) is 0.321. The summed E-state index contributed by atoms with van der Waals surface area (Å²) in [5.41, 5.74) is -0.151. The number of carboxylic acid groups (broad SMARTS) is 1. The zero-order valence-corrected chi connectivity index (χ0v) is 11.6. The van der Waals surface area contributed by atoms with Crippen LogP contribution in [0.1, 0.15) is 16.8 Å². The molecule has 0 saturated heterocycles. The second kappa shape index (κ2) is 6.98. The van der Waals surface area contributed by atoms with Gasteiger partial charge in [0.2, 0.25) is 0 Å². The summed E-state index contributed by atoms with van der Waals surface area (Å²) in [6.45, 7) is 0. The molecule has 0 aliphatic rings. The number of carbonyl (C=O) groups excluding carboxylic acids is 1. The number of aromatic nitrogens is 1. The van der Waals surface area contributed by atoms with E-state index in [0.29, 0.717) is 12.2 Å². The van der Waals surface area contributed by atoms with E-state index in [2.05, 4.69) is 5.32 Å². The molecule has 0 aliphatic carbocycles. The minimum atomic E-state index is -1.08. The molecular formula is C12H16N2O4S. The Bertz CT molecular complexity index is 527. The number of pyridine rings is 1. The smallest absolute Gasteiger partial charge is 0.326 e. The van der Waals surface area contributed by atoms with Crippen molar-refractivity contribution in [2.75, 3.05) is 12.0 Å². The zero-order valence-electron chi connectivity index (χ0n) is 10.8. The van der Waals surface area contributed by atoms with E-state index in [-0.39, 0.29) is 11.1 Å². The van der Waals surface area contributed by atoms with Crippen LogP contribution in [0.3, 0.4) is 0 Å². The standard InChI is InChI=1S/C12H16N2O4S/c1-14-5-3-8(7-10(14)15)11(16)13-9(12(17)18)4-6-19-2/h3,5,7,9H,4,6H2,1-2H3,(H,13,16)(H,17,18)/t9-/m1/s1. The van der Waals surface area contributed by atoms with Crippen LogP contribution >= 0.6 is 11.8 Å². The summed E-state index contributed by atoms with van der Waals surface area (Å²) in [5.74, 6) is -0.995. The van der Waals surface area contributed by atoms with Crippen LogP contribution in [0.15, 0.2) is 23.1 Å². The first-order valence-corrected chi connectivity index (χ1v) is 7.04. The minimum Gasteiger partial charge on any atom is -0.480 e. The van der Waals surface area contributed by atoms with Crippen LogP contribution in [0, 0.1) is 0 Å². The fraction of sp³-hybridized carbons (Fsp3) is 0.417. The lowest BCUT2D eigenvalue weighted by molar-refractivity contribution is -0.139. The third-order valence-corrected chi connectivity index (χ3v) is 3.22. The van der Waals surface area contributed by atoms with Crippen molar-refractivity contribution in [1.82, 2.24) is 9.88 Å². The molecule has 7 heteroatoms. The van der Waals surface area contributed by atoms with Gasteiger partial charge in [-0.05, 0) is 24.5 Å². The van der Waals surface area contributed by atoms with Crippen LogP contribution in [0.25, 0.3) is 0 Å². The number of hydrogen-bond donors (Lipinski definition) is 2. The lowest BCUT2D eigenvalue weighted by Gasteiger charge is -2.13. The number of thioether (sulfide) groups is 1. The summed E-state index contributed by atoms with van der Waals surface area (Å²) in [5, 5.41) is 11.4. The van der Waals surface area contributed by atoms with Gasteiger partial charge in [-0.3, -0.25) is 9.59 Å². The first kappa shape index (κ1) is 15.3. The Labute approximate surface area is 114 Å². The van der Waals surface area contributed by atoms with Gasteiger partial charge >= 0.3 is 5.97 Å². The maximum atomic E-state index is 11.9. The summed E-state index contributed by atoms with van der Waals surface area (Å²) < 4.78 is 1.33. The second-order valence-electron chi connectivity index (χ2n) is 4.01.